The maximum Gasteiger partial charge on any atom is 0.436 e. The molecule has 184 valence electrons. The Morgan fingerprint density at radius 1 is 1.08 bits per heavy atom. The molecule has 2 aromatic heterocycles. The number of alkyl halides is 1. The van der Waals surface area contributed by atoms with Crippen LogP contribution in [-0.4, -0.2) is 34.3 Å². The minimum atomic E-state index is -0.689. The van der Waals surface area contributed by atoms with Crippen LogP contribution in [0.25, 0.3) is 10.2 Å². The molecule has 4 aromatic rings. The Balaban J connectivity index is 1.45. The van der Waals surface area contributed by atoms with Crippen molar-refractivity contribution in [2.24, 2.45) is 0 Å². The molecule has 0 saturated heterocycles. The first-order valence-corrected chi connectivity index (χ1v) is 12.8. The number of nitrogens with one attached hydrogen (secondary N) is 2. The fourth-order valence-electron chi connectivity index (χ4n) is 3.99. The third-order valence-electron chi connectivity index (χ3n) is 6.06. The Kier molecular flexibility index (Phi) is 6.51. The van der Waals surface area contributed by atoms with Crippen molar-refractivity contribution in [3.05, 3.63) is 82.2 Å². The van der Waals surface area contributed by atoms with E-state index in [9.17, 15) is 14.4 Å². The summed E-state index contributed by atoms with van der Waals surface area (Å²) in [5, 5.41) is 10.7. The smallest absolute Gasteiger partial charge is 0.436 e. The molecule has 1 aliphatic carbocycles. The Morgan fingerprint density at radius 3 is 2.44 bits per heavy atom. The number of halogens is 1. The van der Waals surface area contributed by atoms with E-state index in [1.807, 2.05) is 30.3 Å². The molecule has 5 rings (SSSR count). The molecule has 2 N–H and O–H groups in total. The maximum atomic E-state index is 13.2. The number of carbonyl (C=O) groups excluding carboxylic acids is 3. The quantitative estimate of drug-likeness (QED) is 0.311. The van der Waals surface area contributed by atoms with E-state index in [4.69, 9.17) is 16.3 Å². The van der Waals surface area contributed by atoms with Crippen molar-refractivity contribution in [1.82, 2.24) is 15.1 Å². The molecular formula is C26H23ClN4O4S. The lowest BCUT2D eigenvalue weighted by Crippen LogP contribution is -2.34. The minimum Gasteiger partial charge on any atom is -0.448 e. The molecule has 1 aliphatic rings. The number of ether oxygens (including phenoxy) is 1. The third-order valence-corrected chi connectivity index (χ3v) is 7.47. The number of anilines is 1. The molecule has 2 heterocycles. The van der Waals surface area contributed by atoms with Gasteiger partial charge in [0, 0.05) is 11.4 Å². The van der Waals surface area contributed by atoms with Gasteiger partial charge in [0.05, 0.1) is 22.4 Å². The lowest BCUT2D eigenvalue weighted by Gasteiger charge is -2.17. The number of fused-ring (bicyclic) bond motifs is 1. The molecule has 0 aliphatic heterocycles. The van der Waals surface area contributed by atoms with Crippen LogP contribution in [-0.2, 0) is 16.2 Å². The summed E-state index contributed by atoms with van der Waals surface area (Å²) < 4.78 is 6.21. The largest absolute Gasteiger partial charge is 0.448 e. The van der Waals surface area contributed by atoms with Gasteiger partial charge in [0.2, 0.25) is 0 Å². The number of carbonyl (C=O) groups is 3. The molecule has 1 saturated carbocycles. The molecule has 2 aromatic carbocycles. The van der Waals surface area contributed by atoms with Crippen LogP contribution < -0.4 is 10.6 Å². The highest BCUT2D eigenvalue weighted by molar-refractivity contribution is 7.20. The first kappa shape index (κ1) is 24.0. The molecule has 0 bridgehead atoms. The van der Waals surface area contributed by atoms with Crippen LogP contribution in [0.4, 0.5) is 10.6 Å². The van der Waals surface area contributed by atoms with E-state index >= 15 is 0 Å². The van der Waals surface area contributed by atoms with E-state index in [1.54, 1.807) is 37.3 Å². The highest BCUT2D eigenvalue weighted by atomic mass is 35.5. The van der Waals surface area contributed by atoms with Crippen molar-refractivity contribution < 1.29 is 19.1 Å². The molecule has 2 amide bonds. The topological polar surface area (TPSA) is 102 Å². The Labute approximate surface area is 216 Å². The van der Waals surface area contributed by atoms with Crippen LogP contribution in [0.2, 0.25) is 0 Å². The number of hydrogen-bond donors (Lipinski definition) is 2. The highest BCUT2D eigenvalue weighted by Gasteiger charge is 2.45. The Bertz CT molecular complexity index is 1440. The normalized spacial score (nSPS) is 13.8. The summed E-state index contributed by atoms with van der Waals surface area (Å²) in [4.78, 5) is 39.5. The summed E-state index contributed by atoms with van der Waals surface area (Å²) >= 11 is 6.95. The van der Waals surface area contributed by atoms with Crippen molar-refractivity contribution in [3.63, 3.8) is 0 Å². The van der Waals surface area contributed by atoms with Gasteiger partial charge in [0.25, 0.3) is 11.8 Å². The number of aromatic nitrogens is 2. The van der Waals surface area contributed by atoms with Crippen LogP contribution in [0.1, 0.15) is 50.9 Å². The summed E-state index contributed by atoms with van der Waals surface area (Å²) in [7, 11) is 0. The fourth-order valence-corrected chi connectivity index (χ4v) is 5.17. The van der Waals surface area contributed by atoms with Crippen LogP contribution in [0.15, 0.2) is 60.7 Å². The second-order valence-corrected chi connectivity index (χ2v) is 9.77. The average Bonchev–Trinajstić information content (AvgIpc) is 3.41. The van der Waals surface area contributed by atoms with E-state index in [-0.39, 0.29) is 23.9 Å². The number of benzene rings is 2. The van der Waals surface area contributed by atoms with Crippen LogP contribution >= 0.6 is 22.9 Å². The van der Waals surface area contributed by atoms with Gasteiger partial charge >= 0.3 is 6.09 Å². The van der Waals surface area contributed by atoms with Gasteiger partial charge in [-0.15, -0.1) is 28.0 Å². The van der Waals surface area contributed by atoms with E-state index in [0.29, 0.717) is 26.5 Å². The zero-order valence-electron chi connectivity index (χ0n) is 19.4. The fraction of sp³-hybridized carbons (Fsp3) is 0.231. The highest BCUT2D eigenvalue weighted by Crippen LogP contribution is 2.46. The average molecular weight is 523 g/mol. The second-order valence-electron chi connectivity index (χ2n) is 8.48. The van der Waals surface area contributed by atoms with Gasteiger partial charge in [-0.05, 0) is 49.1 Å². The van der Waals surface area contributed by atoms with Crippen LogP contribution in [0.3, 0.4) is 0 Å². The van der Waals surface area contributed by atoms with Gasteiger partial charge in [-0.3, -0.25) is 9.59 Å². The Hall–Kier alpha value is -3.69. The standard InChI is InChI=1S/C26H23ClN4O4S/c1-2-35-25(34)31-24-19(21(30-31)28-22(32)17-10-8-16(15-27)9-11-17)14-20(36-24)23(33)29-26(12-13-26)18-6-4-3-5-7-18/h3-11,14H,2,12-13,15H2,1H3,(H,29,33)(H,28,30,32). The lowest BCUT2D eigenvalue weighted by atomic mass is 10.1. The van der Waals surface area contributed by atoms with Gasteiger partial charge in [-0.1, -0.05) is 42.5 Å². The second kappa shape index (κ2) is 9.75. The number of nitrogens with zero attached hydrogens (tertiary/aromatic N) is 2. The summed E-state index contributed by atoms with van der Waals surface area (Å²) in [5.41, 5.74) is 1.98. The van der Waals surface area contributed by atoms with Crippen molar-refractivity contribution >= 4 is 56.9 Å². The van der Waals surface area contributed by atoms with Gasteiger partial charge in [-0.25, -0.2) is 4.79 Å². The summed E-state index contributed by atoms with van der Waals surface area (Å²) in [5.74, 6) is -0.131. The van der Waals surface area contributed by atoms with Crippen LogP contribution in [0.5, 0.6) is 0 Å². The first-order valence-electron chi connectivity index (χ1n) is 11.5. The molecule has 0 atom stereocenters. The van der Waals surface area contributed by atoms with E-state index < -0.39 is 12.0 Å². The molecule has 36 heavy (non-hydrogen) atoms. The third kappa shape index (κ3) is 4.59. The zero-order chi connectivity index (χ0) is 25.3. The molecule has 1 fully saturated rings. The SMILES string of the molecule is CCOC(=O)n1nc(NC(=O)c2ccc(CCl)cc2)c2cc(C(=O)NC3(c4ccccc4)CC3)sc21. The van der Waals surface area contributed by atoms with Crippen LogP contribution in [0, 0.1) is 0 Å². The molecule has 0 radical (unpaired) electrons. The van der Waals surface area contributed by atoms with Crippen molar-refractivity contribution in [3.8, 4) is 0 Å². The first-order chi connectivity index (χ1) is 17.4. The number of rotatable bonds is 7. The van der Waals surface area contributed by atoms with E-state index in [2.05, 4.69) is 15.7 Å². The van der Waals surface area contributed by atoms with Crippen molar-refractivity contribution in [2.75, 3.05) is 11.9 Å². The molecule has 10 heteroatoms. The summed E-state index contributed by atoms with van der Waals surface area (Å²) in [6.07, 6.45) is 1.02. The van der Waals surface area contributed by atoms with E-state index in [1.165, 1.54) is 0 Å². The predicted octanol–water partition coefficient (Wildman–Crippen LogP) is 5.51. The molecular weight excluding hydrogens is 500 g/mol. The predicted molar refractivity (Wildman–Crippen MR) is 139 cm³/mol. The molecule has 0 spiro atoms. The van der Waals surface area contributed by atoms with Gasteiger partial charge in [-0.2, -0.15) is 4.68 Å². The zero-order valence-corrected chi connectivity index (χ0v) is 21.0. The summed E-state index contributed by atoms with van der Waals surface area (Å²) in [6.45, 7) is 1.85. The minimum absolute atomic E-state index is 0.160. The number of hydrogen-bond acceptors (Lipinski definition) is 6. The lowest BCUT2D eigenvalue weighted by molar-refractivity contribution is 0.0934. The van der Waals surface area contributed by atoms with Gasteiger partial charge < -0.3 is 15.4 Å². The van der Waals surface area contributed by atoms with Crippen molar-refractivity contribution in [1.29, 1.82) is 0 Å². The Morgan fingerprint density at radius 2 is 1.81 bits per heavy atom. The van der Waals surface area contributed by atoms with Gasteiger partial charge in [0.1, 0.15) is 4.83 Å². The monoisotopic (exact) mass is 522 g/mol. The number of amides is 2. The van der Waals surface area contributed by atoms with E-state index in [0.717, 1.165) is 40.0 Å². The van der Waals surface area contributed by atoms with Gasteiger partial charge in [0.15, 0.2) is 5.82 Å². The maximum absolute atomic E-state index is 13.2. The molecule has 8 nitrogen and oxygen atoms in total. The summed E-state index contributed by atoms with van der Waals surface area (Å²) in [6, 6.07) is 18.4. The van der Waals surface area contributed by atoms with Crippen molar-refractivity contribution in [2.45, 2.75) is 31.2 Å². The molecule has 0 unspecified atom stereocenters. The number of thiophene rings is 1.